The van der Waals surface area contributed by atoms with Crippen molar-refractivity contribution in [2.45, 2.75) is 52.1 Å². The van der Waals surface area contributed by atoms with E-state index in [0.29, 0.717) is 6.04 Å². The van der Waals surface area contributed by atoms with Crippen molar-refractivity contribution < 1.29 is 4.39 Å². The van der Waals surface area contributed by atoms with Crippen LogP contribution in [0.2, 0.25) is 0 Å². The molecule has 0 fully saturated rings. The Morgan fingerprint density at radius 1 is 1.20 bits per heavy atom. The predicted octanol–water partition coefficient (Wildman–Crippen LogP) is 3.99. The Bertz CT molecular complexity index is 377. The van der Waals surface area contributed by atoms with Gasteiger partial charge in [-0.2, -0.15) is 0 Å². The number of hydrogen-bond acceptors (Lipinski definition) is 2. The number of benzene rings is 1. The normalized spacial score (nSPS) is 13.2. The van der Waals surface area contributed by atoms with Gasteiger partial charge in [0.15, 0.2) is 0 Å². The van der Waals surface area contributed by atoms with Gasteiger partial charge in [-0.05, 0) is 57.1 Å². The molecule has 20 heavy (non-hydrogen) atoms. The largest absolute Gasteiger partial charge is 0.310 e. The highest BCUT2D eigenvalue weighted by atomic mass is 19.1. The van der Waals surface area contributed by atoms with Crippen LogP contribution < -0.4 is 5.32 Å². The maximum Gasteiger partial charge on any atom is 0.123 e. The third kappa shape index (κ3) is 5.22. The van der Waals surface area contributed by atoms with Gasteiger partial charge in [-0.3, -0.25) is 0 Å². The Labute approximate surface area is 123 Å². The molecule has 1 atom stereocenters. The van der Waals surface area contributed by atoms with Crippen molar-refractivity contribution >= 4 is 0 Å². The van der Waals surface area contributed by atoms with E-state index in [0.717, 1.165) is 25.1 Å². The fraction of sp³-hybridized carbons (Fsp3) is 0.647. The summed E-state index contributed by atoms with van der Waals surface area (Å²) in [6.07, 6.45) is 3.36. The Morgan fingerprint density at radius 2 is 1.90 bits per heavy atom. The Hall–Kier alpha value is -0.930. The molecule has 1 aromatic carbocycles. The molecule has 2 nitrogen and oxygen atoms in total. The van der Waals surface area contributed by atoms with Crippen LogP contribution in [-0.2, 0) is 0 Å². The third-order valence-corrected chi connectivity index (χ3v) is 4.04. The van der Waals surface area contributed by atoms with Crippen LogP contribution >= 0.6 is 0 Å². The molecule has 1 N–H and O–H groups in total. The zero-order valence-corrected chi connectivity index (χ0v) is 13.3. The minimum absolute atomic E-state index is 0.154. The molecule has 114 valence electrons. The number of rotatable bonds is 9. The fourth-order valence-corrected chi connectivity index (χ4v) is 2.78. The molecule has 1 rings (SSSR count). The molecule has 0 amide bonds. The Morgan fingerprint density at radius 3 is 2.45 bits per heavy atom. The third-order valence-electron chi connectivity index (χ3n) is 4.04. The number of nitrogens with one attached hydrogen (secondary N) is 1. The summed E-state index contributed by atoms with van der Waals surface area (Å²) in [5, 5.41) is 3.46. The molecule has 3 heteroatoms. The van der Waals surface area contributed by atoms with Crippen molar-refractivity contribution in [3.8, 4) is 0 Å². The predicted molar refractivity (Wildman–Crippen MR) is 84.4 cm³/mol. The van der Waals surface area contributed by atoms with Crippen LogP contribution in [0.4, 0.5) is 4.39 Å². The molecule has 0 aliphatic heterocycles. The Kier molecular flexibility index (Phi) is 7.78. The average Bonchev–Trinajstić information content (AvgIpc) is 2.44. The number of halogens is 1. The van der Waals surface area contributed by atoms with Crippen molar-refractivity contribution in [3.63, 3.8) is 0 Å². The van der Waals surface area contributed by atoms with Crippen molar-refractivity contribution in [2.75, 3.05) is 20.1 Å². The molecule has 1 aromatic rings. The number of nitrogens with zero attached hydrogens (tertiary/aromatic N) is 1. The van der Waals surface area contributed by atoms with E-state index >= 15 is 0 Å². The Balaban J connectivity index is 2.64. The maximum absolute atomic E-state index is 13.4. The molecule has 0 radical (unpaired) electrons. The second-order valence-electron chi connectivity index (χ2n) is 5.40. The first-order valence-electron chi connectivity index (χ1n) is 7.81. The monoisotopic (exact) mass is 280 g/mol. The van der Waals surface area contributed by atoms with Crippen LogP contribution in [0.25, 0.3) is 0 Å². The van der Waals surface area contributed by atoms with Crippen LogP contribution in [0.3, 0.4) is 0 Å². The maximum atomic E-state index is 13.4. The van der Waals surface area contributed by atoms with Crippen LogP contribution in [0.5, 0.6) is 0 Å². The van der Waals surface area contributed by atoms with Gasteiger partial charge in [0.2, 0.25) is 0 Å². The van der Waals surface area contributed by atoms with Gasteiger partial charge in [0.25, 0.3) is 0 Å². The van der Waals surface area contributed by atoms with E-state index < -0.39 is 0 Å². The fourth-order valence-electron chi connectivity index (χ4n) is 2.78. The van der Waals surface area contributed by atoms with E-state index in [4.69, 9.17) is 0 Å². The van der Waals surface area contributed by atoms with E-state index in [1.54, 1.807) is 12.1 Å². The van der Waals surface area contributed by atoms with Crippen molar-refractivity contribution in [1.82, 2.24) is 10.2 Å². The van der Waals surface area contributed by atoms with Gasteiger partial charge in [-0.15, -0.1) is 0 Å². The van der Waals surface area contributed by atoms with E-state index in [-0.39, 0.29) is 11.9 Å². The lowest BCUT2D eigenvalue weighted by molar-refractivity contribution is 0.218. The first-order valence-corrected chi connectivity index (χ1v) is 7.81. The minimum atomic E-state index is -0.154. The van der Waals surface area contributed by atoms with Crippen molar-refractivity contribution in [3.05, 3.63) is 35.6 Å². The molecule has 0 saturated carbocycles. The van der Waals surface area contributed by atoms with Gasteiger partial charge in [-0.25, -0.2) is 4.39 Å². The summed E-state index contributed by atoms with van der Waals surface area (Å²) >= 11 is 0. The molecule has 1 unspecified atom stereocenters. The molecular weight excluding hydrogens is 251 g/mol. The van der Waals surface area contributed by atoms with Gasteiger partial charge in [0.05, 0.1) is 0 Å². The zero-order chi connectivity index (χ0) is 15.0. The van der Waals surface area contributed by atoms with E-state index in [1.807, 2.05) is 6.07 Å². The molecule has 0 heterocycles. The summed E-state index contributed by atoms with van der Waals surface area (Å²) in [5.41, 5.74) is 1.05. The molecule has 0 saturated heterocycles. The zero-order valence-electron chi connectivity index (χ0n) is 13.3. The lowest BCUT2D eigenvalue weighted by atomic mass is 10.0. The van der Waals surface area contributed by atoms with Gasteiger partial charge in [-0.1, -0.05) is 32.9 Å². The summed E-state index contributed by atoms with van der Waals surface area (Å²) in [6.45, 7) is 8.49. The van der Waals surface area contributed by atoms with Gasteiger partial charge >= 0.3 is 0 Å². The minimum Gasteiger partial charge on any atom is -0.310 e. The van der Waals surface area contributed by atoms with Crippen molar-refractivity contribution in [1.29, 1.82) is 0 Å². The topological polar surface area (TPSA) is 15.3 Å². The lowest BCUT2D eigenvalue weighted by Crippen LogP contribution is -2.34. The standard InChI is InChI=1S/C17H29FN2/c1-5-16(6-2)20(4)12-11-17(19-7-3)14-9-8-10-15(18)13-14/h8-10,13,16-17,19H,5-7,11-12H2,1-4H3. The highest BCUT2D eigenvalue weighted by molar-refractivity contribution is 5.20. The molecule has 0 aromatic heterocycles. The van der Waals surface area contributed by atoms with E-state index in [1.165, 1.54) is 18.9 Å². The summed E-state index contributed by atoms with van der Waals surface area (Å²) in [7, 11) is 2.19. The van der Waals surface area contributed by atoms with Crippen molar-refractivity contribution in [2.24, 2.45) is 0 Å². The molecular formula is C17H29FN2. The lowest BCUT2D eigenvalue weighted by Gasteiger charge is -2.28. The van der Waals surface area contributed by atoms with Crippen LogP contribution in [0.1, 0.15) is 51.6 Å². The van der Waals surface area contributed by atoms with Crippen LogP contribution in [0, 0.1) is 5.82 Å². The summed E-state index contributed by atoms with van der Waals surface area (Å²) in [5.74, 6) is -0.154. The van der Waals surface area contributed by atoms with Gasteiger partial charge in [0.1, 0.15) is 5.82 Å². The summed E-state index contributed by atoms with van der Waals surface area (Å²) < 4.78 is 13.4. The first-order chi connectivity index (χ1) is 9.62. The summed E-state index contributed by atoms with van der Waals surface area (Å²) in [4.78, 5) is 2.42. The van der Waals surface area contributed by atoms with E-state index in [9.17, 15) is 4.39 Å². The van der Waals surface area contributed by atoms with Crippen LogP contribution in [0.15, 0.2) is 24.3 Å². The summed E-state index contributed by atoms with van der Waals surface area (Å²) in [6, 6.07) is 7.82. The van der Waals surface area contributed by atoms with Crippen LogP contribution in [-0.4, -0.2) is 31.1 Å². The highest BCUT2D eigenvalue weighted by Crippen LogP contribution is 2.19. The van der Waals surface area contributed by atoms with E-state index in [2.05, 4.69) is 38.0 Å². The van der Waals surface area contributed by atoms with Gasteiger partial charge < -0.3 is 10.2 Å². The number of hydrogen-bond donors (Lipinski definition) is 1. The molecule has 0 bridgehead atoms. The van der Waals surface area contributed by atoms with Gasteiger partial charge in [0, 0.05) is 12.1 Å². The highest BCUT2D eigenvalue weighted by Gasteiger charge is 2.15. The molecule has 0 aliphatic rings. The second-order valence-corrected chi connectivity index (χ2v) is 5.40. The molecule has 0 spiro atoms. The molecule has 0 aliphatic carbocycles. The second kappa shape index (κ2) is 9.09. The SMILES string of the molecule is CCNC(CCN(C)C(CC)CC)c1cccc(F)c1. The average molecular weight is 280 g/mol. The quantitative estimate of drug-likeness (QED) is 0.736. The smallest absolute Gasteiger partial charge is 0.123 e. The first kappa shape index (κ1) is 17.1.